The van der Waals surface area contributed by atoms with Crippen molar-refractivity contribution in [2.75, 3.05) is 11.4 Å². The van der Waals surface area contributed by atoms with E-state index in [1.807, 2.05) is 13.8 Å². The van der Waals surface area contributed by atoms with Gasteiger partial charge < -0.3 is 10.0 Å². The highest BCUT2D eigenvalue weighted by atomic mass is 16.3. The van der Waals surface area contributed by atoms with Crippen molar-refractivity contribution < 1.29 is 9.90 Å². The van der Waals surface area contributed by atoms with E-state index in [1.54, 1.807) is 23.1 Å². The van der Waals surface area contributed by atoms with Gasteiger partial charge in [0.15, 0.2) is 0 Å². The molecule has 1 aromatic heterocycles. The van der Waals surface area contributed by atoms with Crippen LogP contribution < -0.4 is 4.90 Å². The zero-order valence-corrected chi connectivity index (χ0v) is 10.9. The lowest BCUT2D eigenvalue weighted by molar-refractivity contribution is 0.0987. The normalized spacial score (nSPS) is 10.2. The standard InChI is InChI=1S/C14H15N3O2/c1-3-17(13-6-12(18)5-4-10(13)2)14(19)11-7-15-9-16-8-11/h4-9,18H,3H2,1-2H3. The molecular weight excluding hydrogens is 242 g/mol. The Hall–Kier alpha value is -2.43. The molecule has 19 heavy (non-hydrogen) atoms. The molecule has 0 radical (unpaired) electrons. The van der Waals surface area contributed by atoms with Crippen molar-refractivity contribution in [3.63, 3.8) is 0 Å². The smallest absolute Gasteiger partial charge is 0.261 e. The van der Waals surface area contributed by atoms with E-state index in [9.17, 15) is 9.90 Å². The first kappa shape index (κ1) is 13.0. The second kappa shape index (κ2) is 5.48. The van der Waals surface area contributed by atoms with Gasteiger partial charge in [0.1, 0.15) is 12.1 Å². The quantitative estimate of drug-likeness (QED) is 0.915. The number of aromatic nitrogens is 2. The van der Waals surface area contributed by atoms with Crippen LogP contribution in [0.4, 0.5) is 5.69 Å². The minimum absolute atomic E-state index is 0.135. The molecule has 98 valence electrons. The molecular formula is C14H15N3O2. The molecule has 0 aliphatic rings. The third-order valence-corrected chi connectivity index (χ3v) is 2.85. The van der Waals surface area contributed by atoms with Gasteiger partial charge in [0.05, 0.1) is 11.3 Å². The average Bonchev–Trinajstić information content (AvgIpc) is 2.44. The first-order valence-corrected chi connectivity index (χ1v) is 6.00. The van der Waals surface area contributed by atoms with Crippen molar-refractivity contribution in [2.24, 2.45) is 0 Å². The number of phenolic OH excluding ortho intramolecular Hbond substituents is 1. The second-order valence-electron chi connectivity index (χ2n) is 4.15. The summed E-state index contributed by atoms with van der Waals surface area (Å²) >= 11 is 0. The fourth-order valence-corrected chi connectivity index (χ4v) is 1.88. The lowest BCUT2D eigenvalue weighted by Gasteiger charge is -2.22. The monoisotopic (exact) mass is 257 g/mol. The minimum Gasteiger partial charge on any atom is -0.508 e. The molecule has 1 heterocycles. The van der Waals surface area contributed by atoms with E-state index in [-0.39, 0.29) is 11.7 Å². The van der Waals surface area contributed by atoms with Gasteiger partial charge in [-0.15, -0.1) is 0 Å². The summed E-state index contributed by atoms with van der Waals surface area (Å²) in [6.07, 6.45) is 4.35. The fourth-order valence-electron chi connectivity index (χ4n) is 1.88. The number of hydrogen-bond acceptors (Lipinski definition) is 4. The van der Waals surface area contributed by atoms with Crippen molar-refractivity contribution in [2.45, 2.75) is 13.8 Å². The van der Waals surface area contributed by atoms with Crippen molar-refractivity contribution in [1.82, 2.24) is 9.97 Å². The van der Waals surface area contributed by atoms with Crippen molar-refractivity contribution >= 4 is 11.6 Å². The maximum atomic E-state index is 12.4. The average molecular weight is 257 g/mol. The molecule has 0 spiro atoms. The van der Waals surface area contributed by atoms with Crippen LogP contribution in [-0.4, -0.2) is 27.5 Å². The van der Waals surface area contributed by atoms with Gasteiger partial charge in [-0.3, -0.25) is 4.79 Å². The SMILES string of the molecule is CCN(C(=O)c1cncnc1)c1cc(O)ccc1C. The molecule has 0 saturated carbocycles. The summed E-state index contributed by atoms with van der Waals surface area (Å²) in [6, 6.07) is 4.96. The van der Waals surface area contributed by atoms with Gasteiger partial charge in [-0.25, -0.2) is 9.97 Å². The topological polar surface area (TPSA) is 66.3 Å². The van der Waals surface area contributed by atoms with E-state index >= 15 is 0 Å². The van der Waals surface area contributed by atoms with Crippen LogP contribution in [0, 0.1) is 6.92 Å². The molecule has 1 aromatic carbocycles. The molecule has 2 aromatic rings. The van der Waals surface area contributed by atoms with Gasteiger partial charge in [0.2, 0.25) is 0 Å². The Balaban J connectivity index is 2.40. The summed E-state index contributed by atoms with van der Waals surface area (Å²) in [7, 11) is 0. The van der Waals surface area contributed by atoms with Gasteiger partial charge in [-0.05, 0) is 25.5 Å². The van der Waals surface area contributed by atoms with Crippen molar-refractivity contribution in [3.05, 3.63) is 48.0 Å². The molecule has 0 fully saturated rings. The summed E-state index contributed by atoms with van der Waals surface area (Å²) < 4.78 is 0. The van der Waals surface area contributed by atoms with Crippen LogP contribution in [-0.2, 0) is 0 Å². The van der Waals surface area contributed by atoms with Crippen LogP contribution in [0.25, 0.3) is 0 Å². The molecule has 1 amide bonds. The van der Waals surface area contributed by atoms with E-state index in [0.717, 1.165) is 5.56 Å². The first-order valence-electron chi connectivity index (χ1n) is 6.00. The summed E-state index contributed by atoms with van der Waals surface area (Å²) in [5.74, 6) is -0.0482. The van der Waals surface area contributed by atoms with E-state index in [2.05, 4.69) is 9.97 Å². The third-order valence-electron chi connectivity index (χ3n) is 2.85. The van der Waals surface area contributed by atoms with Crippen LogP contribution in [0.5, 0.6) is 5.75 Å². The molecule has 2 rings (SSSR count). The van der Waals surface area contributed by atoms with E-state index in [1.165, 1.54) is 18.7 Å². The van der Waals surface area contributed by atoms with Gasteiger partial charge in [-0.1, -0.05) is 6.07 Å². The van der Waals surface area contributed by atoms with Crippen molar-refractivity contribution in [1.29, 1.82) is 0 Å². The Bertz CT molecular complexity index is 584. The summed E-state index contributed by atoms with van der Waals surface area (Å²) in [4.78, 5) is 21.7. The van der Waals surface area contributed by atoms with Gasteiger partial charge in [0.25, 0.3) is 5.91 Å². The van der Waals surface area contributed by atoms with Crippen LogP contribution in [0.1, 0.15) is 22.8 Å². The van der Waals surface area contributed by atoms with E-state index < -0.39 is 0 Å². The Morgan fingerprint density at radius 2 is 2.00 bits per heavy atom. The number of rotatable bonds is 3. The van der Waals surface area contributed by atoms with E-state index in [0.29, 0.717) is 17.8 Å². The largest absolute Gasteiger partial charge is 0.508 e. The molecule has 0 aliphatic carbocycles. The second-order valence-corrected chi connectivity index (χ2v) is 4.15. The summed E-state index contributed by atoms with van der Waals surface area (Å²) in [5.41, 5.74) is 2.04. The van der Waals surface area contributed by atoms with Gasteiger partial charge in [0, 0.05) is 25.0 Å². The number of phenols is 1. The molecule has 0 bridgehead atoms. The van der Waals surface area contributed by atoms with Crippen LogP contribution >= 0.6 is 0 Å². The first-order chi connectivity index (χ1) is 9.13. The number of nitrogens with zero attached hydrogens (tertiary/aromatic N) is 3. The van der Waals surface area contributed by atoms with Gasteiger partial charge >= 0.3 is 0 Å². The van der Waals surface area contributed by atoms with Crippen LogP contribution in [0.2, 0.25) is 0 Å². The number of aromatic hydroxyl groups is 1. The highest BCUT2D eigenvalue weighted by Gasteiger charge is 2.18. The molecule has 5 nitrogen and oxygen atoms in total. The molecule has 0 saturated heterocycles. The molecule has 0 unspecified atom stereocenters. The predicted molar refractivity (Wildman–Crippen MR) is 72.2 cm³/mol. The number of amides is 1. The highest BCUT2D eigenvalue weighted by molar-refractivity contribution is 6.06. The minimum atomic E-state index is -0.184. The summed E-state index contributed by atoms with van der Waals surface area (Å²) in [5, 5.41) is 9.57. The Kier molecular flexibility index (Phi) is 3.75. The van der Waals surface area contributed by atoms with Crippen LogP contribution in [0.3, 0.4) is 0 Å². The molecule has 5 heteroatoms. The van der Waals surface area contributed by atoms with Gasteiger partial charge in [-0.2, -0.15) is 0 Å². The number of hydrogen-bond donors (Lipinski definition) is 1. The third kappa shape index (κ3) is 2.70. The number of carbonyl (C=O) groups is 1. The number of anilines is 1. The maximum Gasteiger partial charge on any atom is 0.261 e. The summed E-state index contributed by atoms with van der Waals surface area (Å²) in [6.45, 7) is 4.27. The lowest BCUT2D eigenvalue weighted by Crippen LogP contribution is -2.31. The molecule has 0 atom stereocenters. The van der Waals surface area contributed by atoms with Crippen molar-refractivity contribution in [3.8, 4) is 5.75 Å². The zero-order chi connectivity index (χ0) is 13.8. The fraction of sp³-hybridized carbons (Fsp3) is 0.214. The number of benzene rings is 1. The zero-order valence-electron chi connectivity index (χ0n) is 10.9. The Morgan fingerprint density at radius 3 is 2.63 bits per heavy atom. The van der Waals surface area contributed by atoms with E-state index in [4.69, 9.17) is 0 Å². The molecule has 0 aliphatic heterocycles. The maximum absolute atomic E-state index is 12.4. The lowest BCUT2D eigenvalue weighted by atomic mass is 10.1. The Labute approximate surface area is 111 Å². The van der Waals surface area contributed by atoms with Crippen LogP contribution in [0.15, 0.2) is 36.9 Å². The Morgan fingerprint density at radius 1 is 1.32 bits per heavy atom. The highest BCUT2D eigenvalue weighted by Crippen LogP contribution is 2.26. The molecule has 1 N–H and O–H groups in total. The number of aryl methyl sites for hydroxylation is 1. The predicted octanol–water partition coefficient (Wildman–Crippen LogP) is 2.16. The number of carbonyl (C=O) groups excluding carboxylic acids is 1.